The van der Waals surface area contributed by atoms with Gasteiger partial charge in [0.05, 0.1) is 6.61 Å². The number of ether oxygens (including phenoxy) is 1. The lowest BCUT2D eigenvalue weighted by Crippen LogP contribution is -2.38. The number of nitrogens with zero attached hydrogens (tertiary/aromatic N) is 1. The van der Waals surface area contributed by atoms with Crippen molar-refractivity contribution in [3.63, 3.8) is 0 Å². The molecule has 0 aromatic carbocycles. The molecule has 0 saturated carbocycles. The second-order valence-corrected chi connectivity index (χ2v) is 3.79. The standard InChI is InChI=1S/C10H20N2O2/c1-3-5-11-10(13)12-6-4-9(7-12)8-14-2/h9H,3-8H2,1-2H3,(H,11,13). The second kappa shape index (κ2) is 5.86. The molecule has 2 amide bonds. The molecular weight excluding hydrogens is 180 g/mol. The largest absolute Gasteiger partial charge is 0.384 e. The third-order valence-corrected chi connectivity index (χ3v) is 2.50. The van der Waals surface area contributed by atoms with Crippen molar-refractivity contribution in [3.05, 3.63) is 0 Å². The van der Waals surface area contributed by atoms with Gasteiger partial charge >= 0.3 is 6.03 Å². The van der Waals surface area contributed by atoms with E-state index in [4.69, 9.17) is 4.74 Å². The van der Waals surface area contributed by atoms with Crippen molar-refractivity contribution in [2.24, 2.45) is 5.92 Å². The Labute approximate surface area is 85.6 Å². The maximum absolute atomic E-state index is 11.5. The molecule has 1 unspecified atom stereocenters. The number of hydrogen-bond acceptors (Lipinski definition) is 2. The second-order valence-electron chi connectivity index (χ2n) is 3.79. The SMILES string of the molecule is CCCNC(=O)N1CCC(COC)C1. The Kier molecular flexibility index (Phi) is 4.73. The van der Waals surface area contributed by atoms with Crippen LogP contribution in [0, 0.1) is 5.92 Å². The highest BCUT2D eigenvalue weighted by Crippen LogP contribution is 2.15. The number of carbonyl (C=O) groups excluding carboxylic acids is 1. The van der Waals surface area contributed by atoms with Crippen molar-refractivity contribution in [1.82, 2.24) is 10.2 Å². The molecule has 1 fully saturated rings. The van der Waals surface area contributed by atoms with E-state index in [0.29, 0.717) is 5.92 Å². The van der Waals surface area contributed by atoms with Crippen molar-refractivity contribution in [3.8, 4) is 0 Å². The summed E-state index contributed by atoms with van der Waals surface area (Å²) < 4.78 is 5.08. The number of nitrogens with one attached hydrogen (secondary N) is 1. The molecular formula is C10H20N2O2. The van der Waals surface area contributed by atoms with E-state index in [0.717, 1.165) is 39.1 Å². The van der Waals surface area contributed by atoms with Crippen molar-refractivity contribution in [1.29, 1.82) is 0 Å². The van der Waals surface area contributed by atoms with Crippen LogP contribution in [0.2, 0.25) is 0 Å². The summed E-state index contributed by atoms with van der Waals surface area (Å²) in [5.41, 5.74) is 0. The molecule has 4 nitrogen and oxygen atoms in total. The highest BCUT2D eigenvalue weighted by Gasteiger charge is 2.25. The van der Waals surface area contributed by atoms with Crippen LogP contribution in [0.4, 0.5) is 4.79 Å². The van der Waals surface area contributed by atoms with Gasteiger partial charge in [-0.05, 0) is 12.8 Å². The Balaban J connectivity index is 2.23. The molecule has 0 aliphatic carbocycles. The summed E-state index contributed by atoms with van der Waals surface area (Å²) in [4.78, 5) is 13.4. The molecule has 82 valence electrons. The topological polar surface area (TPSA) is 41.6 Å². The Bertz CT molecular complexity index is 185. The lowest BCUT2D eigenvalue weighted by atomic mass is 10.1. The lowest BCUT2D eigenvalue weighted by Gasteiger charge is -2.16. The number of hydrogen-bond donors (Lipinski definition) is 1. The van der Waals surface area contributed by atoms with Crippen LogP contribution in [0.5, 0.6) is 0 Å². The first-order chi connectivity index (χ1) is 6.77. The minimum atomic E-state index is 0.0745. The number of rotatable bonds is 4. The fraction of sp³-hybridized carbons (Fsp3) is 0.900. The van der Waals surface area contributed by atoms with Crippen LogP contribution in [0.25, 0.3) is 0 Å². The number of amides is 2. The van der Waals surface area contributed by atoms with Gasteiger partial charge in [-0.3, -0.25) is 0 Å². The molecule has 0 bridgehead atoms. The maximum atomic E-state index is 11.5. The number of urea groups is 1. The zero-order chi connectivity index (χ0) is 10.4. The van der Waals surface area contributed by atoms with Crippen LogP contribution in [0.15, 0.2) is 0 Å². The van der Waals surface area contributed by atoms with Crippen LogP contribution in [0.3, 0.4) is 0 Å². The zero-order valence-electron chi connectivity index (χ0n) is 9.08. The highest BCUT2D eigenvalue weighted by molar-refractivity contribution is 5.74. The van der Waals surface area contributed by atoms with Gasteiger partial charge in [0.1, 0.15) is 0 Å². The van der Waals surface area contributed by atoms with E-state index in [-0.39, 0.29) is 6.03 Å². The van der Waals surface area contributed by atoms with E-state index in [1.807, 2.05) is 4.90 Å². The van der Waals surface area contributed by atoms with Gasteiger partial charge in [-0.25, -0.2) is 4.79 Å². The lowest BCUT2D eigenvalue weighted by molar-refractivity contribution is 0.153. The Morgan fingerprint density at radius 3 is 3.07 bits per heavy atom. The number of carbonyl (C=O) groups is 1. The van der Waals surface area contributed by atoms with Crippen molar-refractivity contribution in [2.45, 2.75) is 19.8 Å². The minimum Gasteiger partial charge on any atom is -0.384 e. The highest BCUT2D eigenvalue weighted by atomic mass is 16.5. The van der Waals surface area contributed by atoms with Crippen LogP contribution < -0.4 is 5.32 Å². The predicted octanol–water partition coefficient (Wildman–Crippen LogP) is 1.07. The first-order valence-corrected chi connectivity index (χ1v) is 5.29. The molecule has 4 heteroatoms. The molecule has 1 atom stereocenters. The van der Waals surface area contributed by atoms with E-state index < -0.39 is 0 Å². The molecule has 1 aliphatic heterocycles. The molecule has 0 spiro atoms. The van der Waals surface area contributed by atoms with E-state index in [1.54, 1.807) is 7.11 Å². The van der Waals surface area contributed by atoms with Crippen molar-refractivity contribution in [2.75, 3.05) is 33.4 Å². The zero-order valence-corrected chi connectivity index (χ0v) is 9.08. The van der Waals surface area contributed by atoms with Crippen LogP contribution in [0.1, 0.15) is 19.8 Å². The van der Waals surface area contributed by atoms with E-state index >= 15 is 0 Å². The third kappa shape index (κ3) is 3.18. The number of methoxy groups -OCH3 is 1. The molecule has 1 aliphatic rings. The van der Waals surface area contributed by atoms with Gasteiger partial charge in [-0.15, -0.1) is 0 Å². The third-order valence-electron chi connectivity index (χ3n) is 2.50. The Morgan fingerprint density at radius 2 is 2.43 bits per heavy atom. The summed E-state index contributed by atoms with van der Waals surface area (Å²) in [5, 5.41) is 2.88. The minimum absolute atomic E-state index is 0.0745. The van der Waals surface area contributed by atoms with Gasteiger partial charge in [0.15, 0.2) is 0 Å². The van der Waals surface area contributed by atoms with E-state index in [1.165, 1.54) is 0 Å². The van der Waals surface area contributed by atoms with Gasteiger partial charge in [0, 0.05) is 32.7 Å². The monoisotopic (exact) mass is 200 g/mol. The quantitative estimate of drug-likeness (QED) is 0.737. The fourth-order valence-electron chi connectivity index (χ4n) is 1.73. The van der Waals surface area contributed by atoms with Gasteiger partial charge in [-0.1, -0.05) is 6.92 Å². The molecule has 1 rings (SSSR count). The summed E-state index contributed by atoms with van der Waals surface area (Å²) in [6, 6.07) is 0.0745. The fourth-order valence-corrected chi connectivity index (χ4v) is 1.73. The summed E-state index contributed by atoms with van der Waals surface area (Å²) in [5.74, 6) is 0.521. The molecule has 0 aromatic heterocycles. The summed E-state index contributed by atoms with van der Waals surface area (Å²) in [6.07, 6.45) is 2.05. The van der Waals surface area contributed by atoms with Crippen molar-refractivity contribution >= 4 is 6.03 Å². The molecule has 1 saturated heterocycles. The predicted molar refractivity (Wildman–Crippen MR) is 55.2 cm³/mol. The van der Waals surface area contributed by atoms with Gasteiger partial charge < -0.3 is 15.0 Å². The van der Waals surface area contributed by atoms with Gasteiger partial charge in [0.25, 0.3) is 0 Å². The molecule has 1 N–H and O–H groups in total. The molecule has 0 radical (unpaired) electrons. The van der Waals surface area contributed by atoms with E-state index in [2.05, 4.69) is 12.2 Å². The smallest absolute Gasteiger partial charge is 0.317 e. The van der Waals surface area contributed by atoms with Crippen LogP contribution in [-0.2, 0) is 4.74 Å². The average Bonchev–Trinajstić information content (AvgIpc) is 2.63. The normalized spacial score (nSPS) is 21.3. The van der Waals surface area contributed by atoms with Crippen LogP contribution in [-0.4, -0.2) is 44.3 Å². The summed E-state index contributed by atoms with van der Waals surface area (Å²) in [6.45, 7) is 5.28. The average molecular weight is 200 g/mol. The van der Waals surface area contributed by atoms with Crippen LogP contribution >= 0.6 is 0 Å². The molecule has 0 aromatic rings. The summed E-state index contributed by atoms with van der Waals surface area (Å²) in [7, 11) is 1.71. The number of likely N-dealkylation sites (tertiary alicyclic amines) is 1. The first kappa shape index (κ1) is 11.3. The summed E-state index contributed by atoms with van der Waals surface area (Å²) >= 11 is 0. The van der Waals surface area contributed by atoms with Gasteiger partial charge in [0.2, 0.25) is 0 Å². The van der Waals surface area contributed by atoms with Gasteiger partial charge in [-0.2, -0.15) is 0 Å². The molecule has 1 heterocycles. The first-order valence-electron chi connectivity index (χ1n) is 5.29. The van der Waals surface area contributed by atoms with E-state index in [9.17, 15) is 4.79 Å². The maximum Gasteiger partial charge on any atom is 0.317 e. The molecule has 14 heavy (non-hydrogen) atoms. The Morgan fingerprint density at radius 1 is 1.64 bits per heavy atom. The van der Waals surface area contributed by atoms with Crippen molar-refractivity contribution < 1.29 is 9.53 Å². The Hall–Kier alpha value is -0.770.